The van der Waals surface area contributed by atoms with E-state index in [1.165, 1.54) is 19.4 Å². The fraction of sp³-hybridized carbons (Fsp3) is 0.800. The molecule has 2 saturated heterocycles. The van der Waals surface area contributed by atoms with Gasteiger partial charge in [-0.15, -0.1) is 0 Å². The topological polar surface area (TPSA) is 39.6 Å². The molecule has 0 saturated carbocycles. The number of aliphatic hydroxyl groups is 1. The Balaban J connectivity index is 1.78. The van der Waals surface area contributed by atoms with Crippen LogP contribution in [0.25, 0.3) is 0 Å². The Hall–Kier alpha value is -0.650. The van der Waals surface area contributed by atoms with Crippen LogP contribution in [0.15, 0.2) is 0 Å². The molecule has 0 bridgehead atoms. The molecule has 20 heavy (non-hydrogen) atoms. The van der Waals surface area contributed by atoms with Crippen molar-refractivity contribution >= 4 is 16.5 Å². The number of hydrogen-bond acceptors (Lipinski definition) is 5. The molecule has 0 spiro atoms. The number of hydrogen-bond donors (Lipinski definition) is 1. The second kappa shape index (κ2) is 6.00. The van der Waals surface area contributed by atoms with Crippen LogP contribution in [0.5, 0.6) is 0 Å². The molecule has 2 fully saturated rings. The van der Waals surface area contributed by atoms with Crippen molar-refractivity contribution < 1.29 is 5.11 Å². The van der Waals surface area contributed by atoms with Gasteiger partial charge >= 0.3 is 0 Å². The van der Waals surface area contributed by atoms with Crippen molar-refractivity contribution in [1.29, 1.82) is 0 Å². The minimum atomic E-state index is 0.126. The molecule has 4 nitrogen and oxygen atoms in total. The molecule has 2 atom stereocenters. The third-order valence-electron chi connectivity index (χ3n) is 4.80. The molecule has 1 N–H and O–H groups in total. The third kappa shape index (κ3) is 2.59. The van der Waals surface area contributed by atoms with Gasteiger partial charge in [-0.25, -0.2) is 4.98 Å². The normalized spacial score (nSPS) is 24.9. The highest BCUT2D eigenvalue weighted by Crippen LogP contribution is 2.34. The number of anilines is 1. The van der Waals surface area contributed by atoms with Crippen LogP contribution in [-0.2, 0) is 6.61 Å². The van der Waals surface area contributed by atoms with Gasteiger partial charge in [-0.2, -0.15) is 0 Å². The van der Waals surface area contributed by atoms with Gasteiger partial charge in [0.1, 0.15) is 0 Å². The van der Waals surface area contributed by atoms with Crippen LogP contribution in [0.2, 0.25) is 0 Å². The molecule has 3 heterocycles. The fourth-order valence-electron chi connectivity index (χ4n) is 3.34. The van der Waals surface area contributed by atoms with Crippen LogP contribution in [0.3, 0.4) is 0 Å². The second-order valence-electron chi connectivity index (χ2n) is 6.05. The lowest BCUT2D eigenvalue weighted by Crippen LogP contribution is -2.50. The van der Waals surface area contributed by atoms with Gasteiger partial charge in [-0.3, -0.25) is 4.90 Å². The van der Waals surface area contributed by atoms with Crippen molar-refractivity contribution in [3.63, 3.8) is 0 Å². The van der Waals surface area contributed by atoms with E-state index in [1.807, 2.05) is 0 Å². The lowest BCUT2D eigenvalue weighted by atomic mass is 10.0. The fourth-order valence-corrected chi connectivity index (χ4v) is 4.42. The molecule has 1 aromatic heterocycles. The first-order valence-electron chi connectivity index (χ1n) is 7.82. The first-order valence-corrected chi connectivity index (χ1v) is 8.64. The van der Waals surface area contributed by atoms with Gasteiger partial charge in [-0.05, 0) is 31.7 Å². The highest BCUT2D eigenvalue weighted by atomic mass is 32.1. The first-order chi connectivity index (χ1) is 9.72. The summed E-state index contributed by atoms with van der Waals surface area (Å²) in [5, 5.41) is 10.7. The van der Waals surface area contributed by atoms with Gasteiger partial charge < -0.3 is 10.0 Å². The molecule has 3 rings (SSSR count). The van der Waals surface area contributed by atoms with Gasteiger partial charge in [0, 0.05) is 25.7 Å². The molecular weight excluding hydrogens is 270 g/mol. The first kappa shape index (κ1) is 14.3. The number of thiazole rings is 1. The third-order valence-corrected chi connectivity index (χ3v) is 5.91. The van der Waals surface area contributed by atoms with E-state index in [4.69, 9.17) is 4.98 Å². The minimum Gasteiger partial charge on any atom is -0.391 e. The van der Waals surface area contributed by atoms with Crippen LogP contribution < -0.4 is 4.90 Å². The number of rotatable bonds is 4. The van der Waals surface area contributed by atoms with E-state index in [0.29, 0.717) is 5.92 Å². The quantitative estimate of drug-likeness (QED) is 0.926. The minimum absolute atomic E-state index is 0.126. The summed E-state index contributed by atoms with van der Waals surface area (Å²) in [7, 11) is 0. The van der Waals surface area contributed by atoms with Gasteiger partial charge in [0.15, 0.2) is 5.13 Å². The highest BCUT2D eigenvalue weighted by molar-refractivity contribution is 7.15. The lowest BCUT2D eigenvalue weighted by Gasteiger charge is -2.37. The maximum atomic E-state index is 9.57. The Labute approximate surface area is 125 Å². The number of fused-ring (bicyclic) bond motifs is 1. The number of aromatic nitrogens is 1. The molecule has 112 valence electrons. The van der Waals surface area contributed by atoms with E-state index >= 15 is 0 Å². The SMILES string of the molecule is CCC(C)c1nc(N2CCN3CCCC3C2)sc1CO. The monoisotopic (exact) mass is 295 g/mol. The van der Waals surface area contributed by atoms with E-state index in [9.17, 15) is 5.11 Å². The van der Waals surface area contributed by atoms with E-state index < -0.39 is 0 Å². The van der Waals surface area contributed by atoms with Crippen molar-refractivity contribution in [1.82, 2.24) is 9.88 Å². The molecule has 0 aliphatic carbocycles. The average molecular weight is 295 g/mol. The maximum Gasteiger partial charge on any atom is 0.185 e. The summed E-state index contributed by atoms with van der Waals surface area (Å²) < 4.78 is 0. The molecule has 1 aromatic rings. The van der Waals surface area contributed by atoms with Crippen molar-refractivity contribution in [3.8, 4) is 0 Å². The standard InChI is InChI=1S/C15H25N3OS/c1-3-11(2)14-13(10-19)20-15(16-14)18-8-7-17-6-4-5-12(17)9-18/h11-12,19H,3-10H2,1-2H3. The molecular formula is C15H25N3OS. The van der Waals surface area contributed by atoms with Crippen LogP contribution >= 0.6 is 11.3 Å². The van der Waals surface area contributed by atoms with Gasteiger partial charge in [0.05, 0.1) is 17.2 Å². The van der Waals surface area contributed by atoms with Gasteiger partial charge in [0.2, 0.25) is 0 Å². The summed E-state index contributed by atoms with van der Waals surface area (Å²) in [6.07, 6.45) is 3.75. The Morgan fingerprint density at radius 3 is 3.00 bits per heavy atom. The van der Waals surface area contributed by atoms with Crippen LogP contribution in [0.4, 0.5) is 5.13 Å². The smallest absolute Gasteiger partial charge is 0.185 e. The average Bonchev–Trinajstić information content (AvgIpc) is 3.11. The summed E-state index contributed by atoms with van der Waals surface area (Å²) in [6, 6.07) is 0.720. The molecule has 2 aliphatic rings. The molecule has 0 aromatic carbocycles. The van der Waals surface area contributed by atoms with Crippen molar-refractivity contribution in [2.75, 3.05) is 31.1 Å². The second-order valence-corrected chi connectivity index (χ2v) is 7.11. The molecule has 0 radical (unpaired) electrons. The Morgan fingerprint density at radius 2 is 2.25 bits per heavy atom. The van der Waals surface area contributed by atoms with Crippen LogP contribution in [-0.4, -0.2) is 47.2 Å². The van der Waals surface area contributed by atoms with Crippen molar-refractivity contribution in [3.05, 3.63) is 10.6 Å². The van der Waals surface area contributed by atoms with Crippen LogP contribution in [0, 0.1) is 0 Å². The zero-order chi connectivity index (χ0) is 14.1. The Kier molecular flexibility index (Phi) is 4.29. The Bertz CT molecular complexity index is 462. The molecule has 0 amide bonds. The van der Waals surface area contributed by atoms with Crippen molar-refractivity contribution in [2.24, 2.45) is 0 Å². The number of nitrogens with zero attached hydrogens (tertiary/aromatic N) is 3. The maximum absolute atomic E-state index is 9.57. The molecule has 5 heteroatoms. The predicted molar refractivity (Wildman–Crippen MR) is 83.6 cm³/mol. The predicted octanol–water partition coefficient (Wildman–Crippen LogP) is 2.43. The lowest BCUT2D eigenvalue weighted by molar-refractivity contribution is 0.231. The molecule has 2 aliphatic heterocycles. The van der Waals surface area contributed by atoms with E-state index in [-0.39, 0.29) is 6.61 Å². The Morgan fingerprint density at radius 1 is 1.40 bits per heavy atom. The summed E-state index contributed by atoms with van der Waals surface area (Å²) in [5.74, 6) is 0.440. The zero-order valence-corrected chi connectivity index (χ0v) is 13.3. The van der Waals surface area contributed by atoms with E-state index in [2.05, 4.69) is 23.6 Å². The zero-order valence-electron chi connectivity index (χ0n) is 12.5. The summed E-state index contributed by atoms with van der Waals surface area (Å²) in [4.78, 5) is 11.0. The summed E-state index contributed by atoms with van der Waals surface area (Å²) >= 11 is 1.69. The highest BCUT2D eigenvalue weighted by Gasteiger charge is 2.32. The van der Waals surface area contributed by atoms with Gasteiger partial charge in [-0.1, -0.05) is 25.2 Å². The van der Waals surface area contributed by atoms with Crippen LogP contribution in [0.1, 0.15) is 49.6 Å². The van der Waals surface area contributed by atoms with E-state index in [1.54, 1.807) is 11.3 Å². The van der Waals surface area contributed by atoms with Gasteiger partial charge in [0.25, 0.3) is 0 Å². The van der Waals surface area contributed by atoms with Crippen molar-refractivity contribution in [2.45, 2.75) is 51.7 Å². The number of aliphatic hydroxyl groups excluding tert-OH is 1. The van der Waals surface area contributed by atoms with E-state index in [0.717, 1.165) is 47.8 Å². The largest absolute Gasteiger partial charge is 0.391 e. The number of piperazine rings is 1. The summed E-state index contributed by atoms with van der Waals surface area (Å²) in [5.41, 5.74) is 1.11. The molecule has 2 unspecified atom stereocenters. The summed E-state index contributed by atoms with van der Waals surface area (Å²) in [6.45, 7) is 9.14.